The SMILES string of the molecule is CCC(F)(F)F.Clc1nccc(-c2c[nH]c3ccccc23)n1. The lowest BCUT2D eigenvalue weighted by Crippen LogP contribution is -2.02. The maximum Gasteiger partial charge on any atom is 0.388 e. The molecule has 0 bridgehead atoms. The summed E-state index contributed by atoms with van der Waals surface area (Å²) in [5.74, 6) is 0. The summed E-state index contributed by atoms with van der Waals surface area (Å²) in [6.07, 6.45) is -1.09. The van der Waals surface area contributed by atoms with Gasteiger partial charge in [-0.1, -0.05) is 25.1 Å². The molecule has 0 atom stereocenters. The normalized spacial score (nSPS) is 11.1. The van der Waals surface area contributed by atoms with E-state index in [0.29, 0.717) is 0 Å². The van der Waals surface area contributed by atoms with Gasteiger partial charge >= 0.3 is 6.18 Å². The third-order valence-electron chi connectivity index (χ3n) is 2.89. The van der Waals surface area contributed by atoms with E-state index in [0.717, 1.165) is 29.1 Å². The molecule has 0 fully saturated rings. The van der Waals surface area contributed by atoms with Crippen LogP contribution in [0.25, 0.3) is 22.2 Å². The minimum Gasteiger partial charge on any atom is -0.360 e. The Kier molecular flexibility index (Phi) is 5.03. The zero-order valence-electron chi connectivity index (χ0n) is 11.7. The number of rotatable bonds is 1. The van der Waals surface area contributed by atoms with Gasteiger partial charge in [-0.25, -0.2) is 9.97 Å². The highest BCUT2D eigenvalue weighted by Crippen LogP contribution is 2.27. The van der Waals surface area contributed by atoms with Crippen LogP contribution >= 0.6 is 11.6 Å². The zero-order chi connectivity index (χ0) is 16.2. The molecule has 0 spiro atoms. The first-order valence-corrected chi connectivity index (χ1v) is 6.90. The Bertz CT molecular complexity index is 753. The van der Waals surface area contributed by atoms with Gasteiger partial charge in [0.2, 0.25) is 5.28 Å². The van der Waals surface area contributed by atoms with Crippen LogP contribution in [0.4, 0.5) is 13.2 Å². The molecule has 0 saturated carbocycles. The lowest BCUT2D eigenvalue weighted by atomic mass is 10.1. The lowest BCUT2D eigenvalue weighted by Gasteiger charge is -1.98. The number of aromatic nitrogens is 3. The van der Waals surface area contributed by atoms with Crippen molar-refractivity contribution in [3.63, 3.8) is 0 Å². The minimum atomic E-state index is -3.96. The molecule has 0 aliphatic carbocycles. The Morgan fingerprint density at radius 3 is 2.50 bits per heavy atom. The summed E-state index contributed by atoms with van der Waals surface area (Å²) < 4.78 is 32.4. The molecule has 7 heteroatoms. The van der Waals surface area contributed by atoms with Crippen molar-refractivity contribution in [1.29, 1.82) is 0 Å². The van der Waals surface area contributed by atoms with E-state index < -0.39 is 12.6 Å². The van der Waals surface area contributed by atoms with E-state index >= 15 is 0 Å². The van der Waals surface area contributed by atoms with Crippen LogP contribution in [0.15, 0.2) is 42.7 Å². The highest BCUT2D eigenvalue weighted by molar-refractivity contribution is 6.28. The zero-order valence-corrected chi connectivity index (χ0v) is 12.4. The summed E-state index contributed by atoms with van der Waals surface area (Å²) in [5.41, 5.74) is 2.96. The molecule has 1 N–H and O–H groups in total. The molecule has 22 heavy (non-hydrogen) atoms. The van der Waals surface area contributed by atoms with Crippen LogP contribution in [0.2, 0.25) is 5.28 Å². The van der Waals surface area contributed by atoms with Gasteiger partial charge in [-0.05, 0) is 23.7 Å². The summed E-state index contributed by atoms with van der Waals surface area (Å²) in [6, 6.07) is 9.93. The number of benzene rings is 1. The van der Waals surface area contributed by atoms with Crippen molar-refractivity contribution in [2.24, 2.45) is 0 Å². The standard InChI is InChI=1S/C12H8ClN3.C3H5F3/c13-12-14-6-5-11(16-12)9-7-15-10-4-2-1-3-8(9)10;1-2-3(4,5)6/h1-7,15H;2H2,1H3. The van der Waals surface area contributed by atoms with E-state index in [2.05, 4.69) is 21.0 Å². The second-order valence-corrected chi connectivity index (χ2v) is 4.77. The second-order valence-electron chi connectivity index (χ2n) is 4.43. The highest BCUT2D eigenvalue weighted by Gasteiger charge is 2.22. The summed E-state index contributed by atoms with van der Waals surface area (Å²) >= 11 is 5.78. The smallest absolute Gasteiger partial charge is 0.360 e. The topological polar surface area (TPSA) is 41.6 Å². The van der Waals surface area contributed by atoms with Crippen LogP contribution in [0.5, 0.6) is 0 Å². The predicted octanol–water partition coefficient (Wildman–Crippen LogP) is 5.24. The molecular weight excluding hydrogens is 315 g/mol. The molecule has 0 unspecified atom stereocenters. The van der Waals surface area contributed by atoms with Crippen molar-refractivity contribution >= 4 is 22.5 Å². The second kappa shape index (κ2) is 6.79. The first kappa shape index (κ1) is 16.3. The van der Waals surface area contributed by atoms with Crippen molar-refractivity contribution < 1.29 is 13.2 Å². The molecule has 0 radical (unpaired) electrons. The van der Waals surface area contributed by atoms with Gasteiger partial charge in [0.15, 0.2) is 0 Å². The fourth-order valence-electron chi connectivity index (χ4n) is 1.77. The largest absolute Gasteiger partial charge is 0.388 e. The Labute approximate surface area is 130 Å². The van der Waals surface area contributed by atoms with E-state index in [-0.39, 0.29) is 5.28 Å². The lowest BCUT2D eigenvalue weighted by molar-refractivity contribution is -0.130. The third-order valence-corrected chi connectivity index (χ3v) is 3.07. The van der Waals surface area contributed by atoms with Gasteiger partial charge in [0.1, 0.15) is 0 Å². The Hall–Kier alpha value is -2.08. The van der Waals surface area contributed by atoms with Crippen LogP contribution in [0.1, 0.15) is 13.3 Å². The van der Waals surface area contributed by atoms with Gasteiger partial charge in [-0.15, -0.1) is 0 Å². The number of halogens is 4. The predicted molar refractivity (Wildman–Crippen MR) is 80.7 cm³/mol. The van der Waals surface area contributed by atoms with Gasteiger partial charge in [0.25, 0.3) is 0 Å². The molecular formula is C15H13ClF3N3. The minimum absolute atomic E-state index is 0.266. The number of hydrogen-bond acceptors (Lipinski definition) is 2. The molecule has 116 valence electrons. The van der Waals surface area contributed by atoms with Gasteiger partial charge in [-0.3, -0.25) is 0 Å². The van der Waals surface area contributed by atoms with Gasteiger partial charge < -0.3 is 4.98 Å². The van der Waals surface area contributed by atoms with Crippen LogP contribution < -0.4 is 0 Å². The Balaban J connectivity index is 0.000000254. The van der Waals surface area contributed by atoms with E-state index in [1.165, 1.54) is 0 Å². The van der Waals surface area contributed by atoms with Crippen LogP contribution in [0.3, 0.4) is 0 Å². The van der Waals surface area contributed by atoms with Crippen molar-refractivity contribution in [1.82, 2.24) is 15.0 Å². The summed E-state index contributed by atoms with van der Waals surface area (Å²) in [5, 5.41) is 1.40. The van der Waals surface area contributed by atoms with Crippen LogP contribution in [-0.2, 0) is 0 Å². The molecule has 0 aliphatic rings. The first-order chi connectivity index (χ1) is 10.4. The van der Waals surface area contributed by atoms with Crippen molar-refractivity contribution in [2.45, 2.75) is 19.5 Å². The summed E-state index contributed by atoms with van der Waals surface area (Å²) in [6.45, 7) is 1.08. The van der Waals surface area contributed by atoms with E-state index in [1.807, 2.05) is 30.5 Å². The van der Waals surface area contributed by atoms with Crippen molar-refractivity contribution in [2.75, 3.05) is 0 Å². The number of nitrogens with zero attached hydrogens (tertiary/aromatic N) is 2. The van der Waals surface area contributed by atoms with E-state index in [9.17, 15) is 13.2 Å². The van der Waals surface area contributed by atoms with Crippen molar-refractivity contribution in [3.8, 4) is 11.3 Å². The quantitative estimate of drug-likeness (QED) is 0.621. The summed E-state index contributed by atoms with van der Waals surface area (Å²) in [4.78, 5) is 11.3. The molecule has 3 aromatic rings. The summed E-state index contributed by atoms with van der Waals surface area (Å²) in [7, 11) is 0. The number of H-pyrrole nitrogens is 1. The first-order valence-electron chi connectivity index (χ1n) is 6.52. The van der Waals surface area contributed by atoms with Gasteiger partial charge in [0.05, 0.1) is 5.69 Å². The number of nitrogens with one attached hydrogen (secondary N) is 1. The van der Waals surface area contributed by atoms with Crippen molar-refractivity contribution in [3.05, 3.63) is 48.0 Å². The van der Waals surface area contributed by atoms with Gasteiger partial charge in [0, 0.05) is 35.3 Å². The molecule has 0 saturated heterocycles. The number of alkyl halides is 3. The molecule has 2 aromatic heterocycles. The monoisotopic (exact) mass is 327 g/mol. The number of aromatic amines is 1. The molecule has 2 heterocycles. The maximum absolute atomic E-state index is 10.8. The fraction of sp³-hybridized carbons (Fsp3) is 0.200. The van der Waals surface area contributed by atoms with E-state index in [1.54, 1.807) is 6.20 Å². The molecule has 1 aromatic carbocycles. The fourth-order valence-corrected chi connectivity index (χ4v) is 1.92. The van der Waals surface area contributed by atoms with Crippen LogP contribution in [-0.4, -0.2) is 21.1 Å². The number of hydrogen-bond donors (Lipinski definition) is 1. The molecule has 0 amide bonds. The van der Waals surface area contributed by atoms with E-state index in [4.69, 9.17) is 11.6 Å². The van der Waals surface area contributed by atoms with Gasteiger partial charge in [-0.2, -0.15) is 13.2 Å². The average molecular weight is 328 g/mol. The molecule has 3 nitrogen and oxygen atoms in total. The van der Waals surface area contributed by atoms with Crippen LogP contribution in [0, 0.1) is 0 Å². The molecule has 0 aliphatic heterocycles. The number of fused-ring (bicyclic) bond motifs is 1. The number of para-hydroxylation sites is 1. The third kappa shape index (κ3) is 4.21. The average Bonchev–Trinajstić information content (AvgIpc) is 2.91. The highest BCUT2D eigenvalue weighted by atomic mass is 35.5. The Morgan fingerprint density at radius 1 is 1.18 bits per heavy atom. The Morgan fingerprint density at radius 2 is 1.86 bits per heavy atom. The molecule has 3 rings (SSSR count). The maximum atomic E-state index is 10.8.